The number of nitrogens with zero attached hydrogens (tertiary/aromatic N) is 2. The van der Waals surface area contributed by atoms with Crippen LogP contribution in [0.4, 0.5) is 0 Å². The topological polar surface area (TPSA) is 66.9 Å². The Bertz CT molecular complexity index is 988. The largest absolute Gasteiger partial charge is 0.497 e. The van der Waals surface area contributed by atoms with E-state index in [1.54, 1.807) is 31.4 Å². The number of methoxy groups -OCH3 is 1. The smallest absolute Gasteiger partial charge is 0.235 e. The van der Waals surface area contributed by atoms with Crippen molar-refractivity contribution in [3.63, 3.8) is 0 Å². The molecule has 0 bridgehead atoms. The number of fused-ring (bicyclic) bond motifs is 3. The zero-order valence-corrected chi connectivity index (χ0v) is 16.9. The van der Waals surface area contributed by atoms with Crippen molar-refractivity contribution in [2.24, 2.45) is 11.8 Å². The predicted octanol–water partition coefficient (Wildman–Crippen LogP) is 2.53. The summed E-state index contributed by atoms with van der Waals surface area (Å²) in [6.45, 7) is 1.02. The third kappa shape index (κ3) is 2.86. The SMILES string of the molecule is COc1ccc(C(=O)[C@@H]2[C@H]3C(=O)N(Cc4ccccc4)C(=O)[C@H]3[C@H]3CCCN32)cc1. The second kappa shape index (κ2) is 7.36. The van der Waals surface area contributed by atoms with Gasteiger partial charge in [-0.2, -0.15) is 0 Å². The number of benzene rings is 2. The van der Waals surface area contributed by atoms with E-state index in [2.05, 4.69) is 4.90 Å². The van der Waals surface area contributed by atoms with Crippen molar-refractivity contribution < 1.29 is 19.1 Å². The number of Topliss-reactive ketones (excluding diaryl/α,β-unsaturated/α-hetero) is 1. The highest BCUT2D eigenvalue weighted by Crippen LogP contribution is 2.47. The highest BCUT2D eigenvalue weighted by atomic mass is 16.5. The van der Waals surface area contributed by atoms with Gasteiger partial charge in [-0.25, -0.2) is 0 Å². The molecule has 30 heavy (non-hydrogen) atoms. The van der Waals surface area contributed by atoms with Gasteiger partial charge in [0.2, 0.25) is 11.8 Å². The van der Waals surface area contributed by atoms with Crippen LogP contribution in [0.1, 0.15) is 28.8 Å². The van der Waals surface area contributed by atoms with E-state index in [1.165, 1.54) is 4.90 Å². The van der Waals surface area contributed by atoms with Crippen molar-refractivity contribution in [2.75, 3.05) is 13.7 Å². The average Bonchev–Trinajstić information content (AvgIpc) is 3.43. The van der Waals surface area contributed by atoms with Gasteiger partial charge >= 0.3 is 0 Å². The van der Waals surface area contributed by atoms with Crippen LogP contribution in [0.3, 0.4) is 0 Å². The Morgan fingerprint density at radius 2 is 1.70 bits per heavy atom. The fourth-order valence-corrected chi connectivity index (χ4v) is 5.42. The second-order valence-electron chi connectivity index (χ2n) is 8.28. The molecule has 0 spiro atoms. The number of amides is 2. The molecule has 0 aliphatic carbocycles. The van der Waals surface area contributed by atoms with Gasteiger partial charge in [-0.05, 0) is 49.2 Å². The summed E-state index contributed by atoms with van der Waals surface area (Å²) in [4.78, 5) is 43.6. The molecule has 0 radical (unpaired) electrons. The summed E-state index contributed by atoms with van der Waals surface area (Å²) >= 11 is 0. The number of imide groups is 1. The van der Waals surface area contributed by atoms with Gasteiger partial charge in [0.15, 0.2) is 5.78 Å². The highest BCUT2D eigenvalue weighted by molar-refractivity contribution is 6.11. The van der Waals surface area contributed by atoms with Crippen LogP contribution in [0.2, 0.25) is 0 Å². The number of hydrogen-bond acceptors (Lipinski definition) is 5. The van der Waals surface area contributed by atoms with E-state index >= 15 is 0 Å². The fraction of sp³-hybridized carbons (Fsp3) is 0.375. The third-order valence-electron chi connectivity index (χ3n) is 6.77. The van der Waals surface area contributed by atoms with Crippen molar-refractivity contribution in [1.82, 2.24) is 9.80 Å². The molecule has 3 aliphatic heterocycles. The van der Waals surface area contributed by atoms with Crippen molar-refractivity contribution >= 4 is 17.6 Å². The lowest BCUT2D eigenvalue weighted by Crippen LogP contribution is -2.45. The zero-order valence-electron chi connectivity index (χ0n) is 16.9. The van der Waals surface area contributed by atoms with Crippen molar-refractivity contribution in [2.45, 2.75) is 31.5 Å². The first-order chi connectivity index (χ1) is 14.6. The lowest BCUT2D eigenvalue weighted by atomic mass is 9.85. The van der Waals surface area contributed by atoms with E-state index < -0.39 is 17.9 Å². The van der Waals surface area contributed by atoms with E-state index in [9.17, 15) is 14.4 Å². The minimum atomic E-state index is -0.596. The minimum absolute atomic E-state index is 0.0283. The molecule has 5 rings (SSSR count). The number of hydrogen-bond donors (Lipinski definition) is 0. The summed E-state index contributed by atoms with van der Waals surface area (Å²) in [6, 6.07) is 15.9. The number of carbonyl (C=O) groups excluding carboxylic acids is 3. The lowest BCUT2D eigenvalue weighted by molar-refractivity contribution is -0.142. The first kappa shape index (κ1) is 19.0. The number of ether oxygens (including phenoxy) is 1. The van der Waals surface area contributed by atoms with E-state index in [0.717, 1.165) is 24.9 Å². The molecule has 6 heteroatoms. The van der Waals surface area contributed by atoms with Gasteiger partial charge < -0.3 is 4.74 Å². The molecule has 2 aromatic carbocycles. The van der Waals surface area contributed by atoms with Crippen LogP contribution < -0.4 is 4.74 Å². The van der Waals surface area contributed by atoms with E-state index in [-0.39, 0.29) is 30.2 Å². The molecule has 3 saturated heterocycles. The molecule has 4 atom stereocenters. The molecular formula is C24H24N2O4. The van der Waals surface area contributed by atoms with Gasteiger partial charge in [0, 0.05) is 11.6 Å². The quantitative estimate of drug-likeness (QED) is 0.566. The van der Waals surface area contributed by atoms with E-state index in [1.807, 2.05) is 30.3 Å². The predicted molar refractivity (Wildman–Crippen MR) is 110 cm³/mol. The minimum Gasteiger partial charge on any atom is -0.497 e. The maximum atomic E-state index is 13.5. The molecule has 3 heterocycles. The number of likely N-dealkylation sites (tertiary alicyclic amines) is 1. The summed E-state index contributed by atoms with van der Waals surface area (Å²) in [5.74, 6) is -0.765. The van der Waals surface area contributed by atoms with Crippen LogP contribution in [0.15, 0.2) is 54.6 Å². The van der Waals surface area contributed by atoms with Gasteiger partial charge in [0.25, 0.3) is 0 Å². The fourth-order valence-electron chi connectivity index (χ4n) is 5.42. The highest BCUT2D eigenvalue weighted by Gasteiger charge is 2.64. The van der Waals surface area contributed by atoms with Gasteiger partial charge in [-0.15, -0.1) is 0 Å². The first-order valence-corrected chi connectivity index (χ1v) is 10.4. The Hall–Kier alpha value is -2.99. The summed E-state index contributed by atoms with van der Waals surface area (Å²) in [5.41, 5.74) is 1.47. The van der Waals surface area contributed by atoms with Crippen molar-refractivity contribution in [3.8, 4) is 5.75 Å². The molecular weight excluding hydrogens is 380 g/mol. The summed E-state index contributed by atoms with van der Waals surface area (Å²) in [7, 11) is 1.58. The Morgan fingerprint density at radius 3 is 2.40 bits per heavy atom. The summed E-state index contributed by atoms with van der Waals surface area (Å²) < 4.78 is 5.19. The molecule has 2 aromatic rings. The molecule has 0 saturated carbocycles. The second-order valence-corrected chi connectivity index (χ2v) is 8.28. The molecule has 0 aromatic heterocycles. The Kier molecular flexibility index (Phi) is 4.66. The third-order valence-corrected chi connectivity index (χ3v) is 6.77. The first-order valence-electron chi connectivity index (χ1n) is 10.4. The normalized spacial score (nSPS) is 28.0. The van der Waals surface area contributed by atoms with E-state index in [0.29, 0.717) is 11.3 Å². The lowest BCUT2D eigenvalue weighted by Gasteiger charge is -2.27. The monoisotopic (exact) mass is 404 g/mol. The summed E-state index contributed by atoms with van der Waals surface area (Å²) in [5, 5.41) is 0. The maximum absolute atomic E-state index is 13.5. The van der Waals surface area contributed by atoms with Crippen LogP contribution >= 0.6 is 0 Å². The van der Waals surface area contributed by atoms with Gasteiger partial charge in [0.05, 0.1) is 31.5 Å². The van der Waals surface area contributed by atoms with Crippen LogP contribution in [-0.2, 0) is 16.1 Å². The Labute approximate surface area is 175 Å². The van der Waals surface area contributed by atoms with Crippen LogP contribution in [0.5, 0.6) is 5.75 Å². The number of ketones is 1. The average molecular weight is 404 g/mol. The molecule has 154 valence electrons. The van der Waals surface area contributed by atoms with Crippen LogP contribution in [-0.4, -0.2) is 53.1 Å². The molecule has 0 unspecified atom stereocenters. The van der Waals surface area contributed by atoms with Crippen LogP contribution in [0, 0.1) is 11.8 Å². The van der Waals surface area contributed by atoms with Crippen molar-refractivity contribution in [3.05, 3.63) is 65.7 Å². The van der Waals surface area contributed by atoms with Gasteiger partial charge in [-0.3, -0.25) is 24.2 Å². The van der Waals surface area contributed by atoms with E-state index in [4.69, 9.17) is 4.74 Å². The summed E-state index contributed by atoms with van der Waals surface area (Å²) in [6.07, 6.45) is 1.80. The van der Waals surface area contributed by atoms with Gasteiger partial charge in [0.1, 0.15) is 5.75 Å². The molecule has 3 aliphatic rings. The van der Waals surface area contributed by atoms with Gasteiger partial charge in [-0.1, -0.05) is 30.3 Å². The Balaban J connectivity index is 1.47. The zero-order chi connectivity index (χ0) is 20.8. The molecule has 0 N–H and O–H groups in total. The van der Waals surface area contributed by atoms with Crippen molar-refractivity contribution in [1.29, 1.82) is 0 Å². The number of carbonyl (C=O) groups is 3. The molecule has 6 nitrogen and oxygen atoms in total. The Morgan fingerprint density at radius 1 is 1.00 bits per heavy atom. The molecule has 3 fully saturated rings. The number of rotatable bonds is 5. The molecule has 2 amide bonds. The van der Waals surface area contributed by atoms with Crippen LogP contribution in [0.25, 0.3) is 0 Å². The standard InChI is InChI=1S/C24H24N2O4/c1-30-17-11-9-16(10-12-17)22(27)21-20-19(18-8-5-13-25(18)21)23(28)26(24(20)29)14-15-6-3-2-4-7-15/h2-4,6-7,9-12,18-21H,5,8,13-14H2,1H3/t18-,19+,20+,21+/m1/s1. The maximum Gasteiger partial charge on any atom is 0.235 e.